The van der Waals surface area contributed by atoms with Crippen LogP contribution in [0.25, 0.3) is 0 Å². The van der Waals surface area contributed by atoms with Crippen LogP contribution in [0.2, 0.25) is 0 Å². The van der Waals surface area contributed by atoms with E-state index >= 15 is 0 Å². The summed E-state index contributed by atoms with van der Waals surface area (Å²) in [5, 5.41) is 6.74. The van der Waals surface area contributed by atoms with Crippen LogP contribution in [0.1, 0.15) is 32.3 Å². The van der Waals surface area contributed by atoms with Crippen molar-refractivity contribution in [2.75, 3.05) is 47.1 Å². The molecule has 0 spiro atoms. The minimum absolute atomic E-state index is 0.00261. The van der Waals surface area contributed by atoms with E-state index in [1.54, 1.807) is 14.2 Å². The van der Waals surface area contributed by atoms with E-state index in [2.05, 4.69) is 36.6 Å². The van der Waals surface area contributed by atoms with Crippen molar-refractivity contribution in [1.29, 1.82) is 0 Å². The minimum atomic E-state index is -0.00261. The van der Waals surface area contributed by atoms with E-state index in [1.165, 1.54) is 5.56 Å². The molecule has 6 nitrogen and oxygen atoms in total. The standard InChI is InChI=1S/C20H33N3O3/c1-5-21-19(23-16(2)14-24-3)22-15-20(10-12-26-13-11-20)17-6-8-18(25-4)9-7-17/h6-9,16H,5,10-15H2,1-4H3,(H2,21,22,23). The highest BCUT2D eigenvalue weighted by atomic mass is 16.5. The van der Waals surface area contributed by atoms with Crippen molar-refractivity contribution in [3.8, 4) is 5.75 Å². The topological polar surface area (TPSA) is 64.1 Å². The zero-order valence-electron chi connectivity index (χ0n) is 16.5. The molecule has 0 bridgehead atoms. The number of nitrogens with one attached hydrogen (secondary N) is 2. The summed E-state index contributed by atoms with van der Waals surface area (Å²) in [4.78, 5) is 4.90. The first-order valence-corrected chi connectivity index (χ1v) is 9.39. The molecule has 1 aromatic rings. The van der Waals surface area contributed by atoms with Gasteiger partial charge >= 0.3 is 0 Å². The van der Waals surface area contributed by atoms with Gasteiger partial charge in [0, 0.05) is 38.3 Å². The lowest BCUT2D eigenvalue weighted by Crippen LogP contribution is -2.45. The predicted octanol–water partition coefficient (Wildman–Crippen LogP) is 2.33. The lowest BCUT2D eigenvalue weighted by Gasteiger charge is -2.37. The van der Waals surface area contributed by atoms with Gasteiger partial charge in [0.25, 0.3) is 0 Å². The summed E-state index contributed by atoms with van der Waals surface area (Å²) in [5.41, 5.74) is 1.29. The van der Waals surface area contributed by atoms with Crippen LogP contribution in [0.4, 0.5) is 0 Å². The van der Waals surface area contributed by atoms with Crippen molar-refractivity contribution in [3.63, 3.8) is 0 Å². The van der Waals surface area contributed by atoms with Crippen molar-refractivity contribution in [2.45, 2.75) is 38.1 Å². The summed E-state index contributed by atoms with van der Waals surface area (Å²) in [6, 6.07) is 8.58. The maximum atomic E-state index is 5.62. The van der Waals surface area contributed by atoms with E-state index < -0.39 is 0 Å². The summed E-state index contributed by atoms with van der Waals surface area (Å²) in [6.07, 6.45) is 1.94. The first-order chi connectivity index (χ1) is 12.6. The summed E-state index contributed by atoms with van der Waals surface area (Å²) in [6.45, 7) is 7.89. The predicted molar refractivity (Wildman–Crippen MR) is 105 cm³/mol. The lowest BCUT2D eigenvalue weighted by atomic mass is 9.74. The Balaban J connectivity index is 2.19. The number of guanidine groups is 1. The smallest absolute Gasteiger partial charge is 0.191 e. The Bertz CT molecular complexity index is 554. The molecular weight excluding hydrogens is 330 g/mol. The van der Waals surface area contributed by atoms with Crippen LogP contribution in [0, 0.1) is 0 Å². The second kappa shape index (κ2) is 10.4. The van der Waals surface area contributed by atoms with Gasteiger partial charge in [0.05, 0.1) is 20.3 Å². The van der Waals surface area contributed by atoms with Gasteiger partial charge in [-0.25, -0.2) is 0 Å². The first-order valence-electron chi connectivity index (χ1n) is 9.39. The Labute approximate surface area is 157 Å². The number of hydrogen-bond donors (Lipinski definition) is 2. The molecule has 0 amide bonds. The zero-order valence-corrected chi connectivity index (χ0v) is 16.5. The Kier molecular flexibility index (Phi) is 8.19. The van der Waals surface area contributed by atoms with Crippen LogP contribution >= 0.6 is 0 Å². The molecule has 2 N–H and O–H groups in total. The lowest BCUT2D eigenvalue weighted by molar-refractivity contribution is 0.0530. The van der Waals surface area contributed by atoms with Crippen molar-refractivity contribution in [1.82, 2.24) is 10.6 Å². The Hall–Kier alpha value is -1.79. The zero-order chi connectivity index (χ0) is 18.8. The highest BCUT2D eigenvalue weighted by molar-refractivity contribution is 5.80. The molecule has 1 aromatic carbocycles. The molecule has 1 saturated heterocycles. The van der Waals surface area contributed by atoms with Gasteiger partial charge in [0.15, 0.2) is 5.96 Å². The molecule has 1 aliphatic heterocycles. The van der Waals surface area contributed by atoms with Crippen LogP contribution in [0.3, 0.4) is 0 Å². The average molecular weight is 364 g/mol. The number of methoxy groups -OCH3 is 2. The fourth-order valence-corrected chi connectivity index (χ4v) is 3.32. The van der Waals surface area contributed by atoms with Crippen molar-refractivity contribution in [2.24, 2.45) is 4.99 Å². The summed E-state index contributed by atoms with van der Waals surface area (Å²) >= 11 is 0. The molecule has 0 radical (unpaired) electrons. The molecule has 6 heteroatoms. The first kappa shape index (κ1) is 20.5. The SMILES string of the molecule is CCNC(=NCC1(c2ccc(OC)cc2)CCOCC1)NC(C)COC. The van der Waals surface area contributed by atoms with E-state index in [0.29, 0.717) is 6.61 Å². The number of hydrogen-bond acceptors (Lipinski definition) is 4. The normalized spacial score (nSPS) is 18.2. The van der Waals surface area contributed by atoms with Gasteiger partial charge in [0.2, 0.25) is 0 Å². The fourth-order valence-electron chi connectivity index (χ4n) is 3.32. The fraction of sp³-hybridized carbons (Fsp3) is 0.650. The Morgan fingerprint density at radius 1 is 1.23 bits per heavy atom. The molecule has 1 unspecified atom stereocenters. The van der Waals surface area contributed by atoms with Crippen LogP contribution in [-0.2, 0) is 14.9 Å². The van der Waals surface area contributed by atoms with E-state index in [9.17, 15) is 0 Å². The number of nitrogens with zero attached hydrogens (tertiary/aromatic N) is 1. The molecule has 1 heterocycles. The monoisotopic (exact) mass is 363 g/mol. The van der Waals surface area contributed by atoms with Crippen molar-refractivity contribution in [3.05, 3.63) is 29.8 Å². The third-order valence-electron chi connectivity index (χ3n) is 4.84. The molecule has 2 rings (SSSR count). The molecular formula is C20H33N3O3. The van der Waals surface area contributed by atoms with Gasteiger partial charge in [-0.2, -0.15) is 0 Å². The van der Waals surface area contributed by atoms with Gasteiger partial charge in [0.1, 0.15) is 5.75 Å². The van der Waals surface area contributed by atoms with E-state index in [0.717, 1.165) is 50.9 Å². The maximum Gasteiger partial charge on any atom is 0.191 e. The van der Waals surface area contributed by atoms with Gasteiger partial charge in [-0.05, 0) is 44.4 Å². The number of aliphatic imine (C=N–C) groups is 1. The highest BCUT2D eigenvalue weighted by Crippen LogP contribution is 2.36. The van der Waals surface area contributed by atoms with Crippen molar-refractivity contribution >= 4 is 5.96 Å². The van der Waals surface area contributed by atoms with Crippen molar-refractivity contribution < 1.29 is 14.2 Å². The molecule has 146 valence electrons. The molecule has 0 aromatic heterocycles. The summed E-state index contributed by atoms with van der Waals surface area (Å²) < 4.78 is 16.1. The quantitative estimate of drug-likeness (QED) is 0.548. The third kappa shape index (κ3) is 5.61. The van der Waals surface area contributed by atoms with Gasteiger partial charge in [-0.1, -0.05) is 12.1 Å². The molecule has 0 aliphatic carbocycles. The largest absolute Gasteiger partial charge is 0.497 e. The van der Waals surface area contributed by atoms with Gasteiger partial charge in [-0.15, -0.1) is 0 Å². The van der Waals surface area contributed by atoms with Gasteiger partial charge in [-0.3, -0.25) is 4.99 Å². The molecule has 1 aliphatic rings. The van der Waals surface area contributed by atoms with Crippen LogP contribution in [0.15, 0.2) is 29.3 Å². The number of ether oxygens (including phenoxy) is 3. The molecule has 1 atom stereocenters. The maximum absolute atomic E-state index is 5.62. The molecule has 26 heavy (non-hydrogen) atoms. The van der Waals surface area contributed by atoms with Crippen LogP contribution in [0.5, 0.6) is 5.75 Å². The van der Waals surface area contributed by atoms with E-state index in [1.807, 2.05) is 12.1 Å². The van der Waals surface area contributed by atoms with Crippen LogP contribution in [-0.4, -0.2) is 59.1 Å². The summed E-state index contributed by atoms with van der Waals surface area (Å²) in [5.74, 6) is 1.71. The second-order valence-corrected chi connectivity index (χ2v) is 6.82. The number of benzene rings is 1. The number of rotatable bonds is 8. The second-order valence-electron chi connectivity index (χ2n) is 6.82. The molecule has 0 saturated carbocycles. The molecule has 1 fully saturated rings. The van der Waals surface area contributed by atoms with Gasteiger partial charge < -0.3 is 24.8 Å². The highest BCUT2D eigenvalue weighted by Gasteiger charge is 2.34. The minimum Gasteiger partial charge on any atom is -0.497 e. The van der Waals surface area contributed by atoms with E-state index in [4.69, 9.17) is 19.2 Å². The summed E-state index contributed by atoms with van der Waals surface area (Å²) in [7, 11) is 3.40. The Morgan fingerprint density at radius 3 is 2.50 bits per heavy atom. The van der Waals surface area contributed by atoms with Crippen LogP contribution < -0.4 is 15.4 Å². The van der Waals surface area contributed by atoms with E-state index in [-0.39, 0.29) is 11.5 Å². The Morgan fingerprint density at radius 2 is 1.92 bits per heavy atom. The average Bonchev–Trinajstić information content (AvgIpc) is 2.67. The third-order valence-corrected chi connectivity index (χ3v) is 4.84.